The van der Waals surface area contributed by atoms with E-state index in [4.69, 9.17) is 17.0 Å². The van der Waals surface area contributed by atoms with Gasteiger partial charge < -0.3 is 15.0 Å². The molecule has 0 aliphatic carbocycles. The van der Waals surface area contributed by atoms with E-state index >= 15 is 0 Å². The summed E-state index contributed by atoms with van der Waals surface area (Å²) >= 11 is 5.59. The molecular weight excluding hydrogens is 404 g/mol. The van der Waals surface area contributed by atoms with Crippen molar-refractivity contribution in [2.75, 3.05) is 39.3 Å². The maximum Gasteiger partial charge on any atom is 0.169 e. The van der Waals surface area contributed by atoms with Gasteiger partial charge in [0, 0.05) is 39.3 Å². The van der Waals surface area contributed by atoms with Crippen LogP contribution in [0.1, 0.15) is 30.0 Å². The average Bonchev–Trinajstić information content (AvgIpc) is 3.29. The molecule has 4 nitrogen and oxygen atoms in total. The van der Waals surface area contributed by atoms with E-state index in [0.29, 0.717) is 0 Å². The van der Waals surface area contributed by atoms with E-state index in [1.807, 2.05) is 24.3 Å². The zero-order valence-corrected chi connectivity index (χ0v) is 17.7. The number of thiocarbonyl (C=S) groups is 1. The van der Waals surface area contributed by atoms with Crippen molar-refractivity contribution in [1.82, 2.24) is 15.1 Å². The predicted molar refractivity (Wildman–Crippen MR) is 117 cm³/mol. The van der Waals surface area contributed by atoms with Gasteiger partial charge in [-0.05, 0) is 60.5 Å². The number of rotatable bonds is 5. The first kappa shape index (κ1) is 21.2. The van der Waals surface area contributed by atoms with Gasteiger partial charge in [-0.2, -0.15) is 0 Å². The van der Waals surface area contributed by atoms with Crippen LogP contribution in [-0.2, 0) is 4.74 Å². The van der Waals surface area contributed by atoms with E-state index in [0.717, 1.165) is 68.4 Å². The molecule has 7 heteroatoms. The van der Waals surface area contributed by atoms with Gasteiger partial charge in [-0.15, -0.1) is 0 Å². The van der Waals surface area contributed by atoms with E-state index < -0.39 is 0 Å². The zero-order chi connectivity index (χ0) is 20.9. The molecular formula is C23H27F2N3OS. The van der Waals surface area contributed by atoms with Crippen molar-refractivity contribution in [2.45, 2.75) is 25.0 Å². The highest BCUT2D eigenvalue weighted by Gasteiger charge is 2.27. The van der Waals surface area contributed by atoms with Crippen LogP contribution in [-0.4, -0.2) is 60.3 Å². The molecule has 0 bridgehead atoms. The first-order chi connectivity index (χ1) is 14.6. The Morgan fingerprint density at radius 1 is 0.967 bits per heavy atom. The number of nitrogens with zero attached hydrogens (tertiary/aromatic N) is 2. The van der Waals surface area contributed by atoms with Crippen molar-refractivity contribution in [3.63, 3.8) is 0 Å². The fourth-order valence-corrected chi connectivity index (χ4v) is 4.47. The summed E-state index contributed by atoms with van der Waals surface area (Å²) in [4.78, 5) is 4.53. The molecule has 1 N–H and O–H groups in total. The van der Waals surface area contributed by atoms with E-state index in [2.05, 4.69) is 15.1 Å². The largest absolute Gasteiger partial charge is 0.376 e. The Bertz CT molecular complexity index is 787. The quantitative estimate of drug-likeness (QED) is 0.729. The van der Waals surface area contributed by atoms with Gasteiger partial charge in [0.2, 0.25) is 0 Å². The molecule has 1 atom stereocenters. The minimum Gasteiger partial charge on any atom is -0.376 e. The smallest absolute Gasteiger partial charge is 0.169 e. The van der Waals surface area contributed by atoms with Crippen molar-refractivity contribution >= 4 is 17.3 Å². The van der Waals surface area contributed by atoms with Gasteiger partial charge in [0.15, 0.2) is 5.11 Å². The summed E-state index contributed by atoms with van der Waals surface area (Å²) < 4.78 is 32.6. The fraction of sp³-hybridized carbons (Fsp3) is 0.435. The van der Waals surface area contributed by atoms with Gasteiger partial charge in [0.05, 0.1) is 12.1 Å². The van der Waals surface area contributed by atoms with Crippen LogP contribution in [0.3, 0.4) is 0 Å². The molecule has 0 spiro atoms. The Hall–Kier alpha value is -2.09. The topological polar surface area (TPSA) is 27.7 Å². The van der Waals surface area contributed by atoms with Crippen LogP contribution in [0, 0.1) is 11.6 Å². The lowest BCUT2D eigenvalue weighted by Gasteiger charge is -2.40. The molecule has 0 aromatic heterocycles. The minimum absolute atomic E-state index is 0.0539. The highest BCUT2D eigenvalue weighted by atomic mass is 32.1. The number of hydrogen-bond acceptors (Lipinski definition) is 3. The van der Waals surface area contributed by atoms with E-state index in [9.17, 15) is 8.78 Å². The number of hydrogen-bond donors (Lipinski definition) is 1. The summed E-state index contributed by atoms with van der Waals surface area (Å²) in [5.41, 5.74) is 1.99. The van der Waals surface area contributed by atoms with Gasteiger partial charge in [-0.1, -0.05) is 24.3 Å². The Labute approximate surface area is 181 Å². The average molecular weight is 432 g/mol. The van der Waals surface area contributed by atoms with Gasteiger partial charge in [-0.25, -0.2) is 8.78 Å². The molecule has 1 unspecified atom stereocenters. The lowest BCUT2D eigenvalue weighted by Crippen LogP contribution is -2.53. The standard InChI is InChI=1S/C23H27F2N3OS/c24-19-7-3-17(4-8-19)22(18-5-9-20(25)10-6-18)27-11-13-28(14-12-27)23(30)26-16-21-2-1-15-29-21/h3-10,21-22H,1-2,11-16H2,(H,26,30). The summed E-state index contributed by atoms with van der Waals surface area (Å²) in [6.07, 6.45) is 2.46. The molecule has 0 amide bonds. The molecule has 2 aromatic carbocycles. The van der Waals surface area contributed by atoms with Crippen molar-refractivity contribution in [3.05, 3.63) is 71.3 Å². The lowest BCUT2D eigenvalue weighted by atomic mass is 9.96. The Morgan fingerprint density at radius 3 is 2.03 bits per heavy atom. The maximum absolute atomic E-state index is 13.5. The lowest BCUT2D eigenvalue weighted by molar-refractivity contribution is 0.112. The van der Waals surface area contributed by atoms with Crippen LogP contribution in [0.25, 0.3) is 0 Å². The van der Waals surface area contributed by atoms with Crippen molar-refractivity contribution in [2.24, 2.45) is 0 Å². The first-order valence-corrected chi connectivity index (χ1v) is 10.9. The Kier molecular flexibility index (Phi) is 6.92. The first-order valence-electron chi connectivity index (χ1n) is 10.5. The van der Waals surface area contributed by atoms with E-state index in [1.165, 1.54) is 24.3 Å². The second-order valence-electron chi connectivity index (χ2n) is 7.85. The predicted octanol–water partition coefficient (Wildman–Crippen LogP) is 3.73. The number of nitrogens with one attached hydrogen (secondary N) is 1. The van der Waals surface area contributed by atoms with E-state index in [-0.39, 0.29) is 23.8 Å². The number of ether oxygens (including phenoxy) is 1. The minimum atomic E-state index is -0.260. The molecule has 0 radical (unpaired) electrons. The monoisotopic (exact) mass is 431 g/mol. The number of piperazine rings is 1. The van der Waals surface area contributed by atoms with Crippen LogP contribution in [0.2, 0.25) is 0 Å². The van der Waals surface area contributed by atoms with Gasteiger partial charge in [0.1, 0.15) is 11.6 Å². The van der Waals surface area contributed by atoms with Gasteiger partial charge >= 0.3 is 0 Å². The second-order valence-corrected chi connectivity index (χ2v) is 8.24. The van der Waals surface area contributed by atoms with Crippen molar-refractivity contribution in [3.8, 4) is 0 Å². The molecule has 2 aromatic rings. The fourth-order valence-electron chi connectivity index (χ4n) is 4.21. The zero-order valence-electron chi connectivity index (χ0n) is 16.9. The molecule has 2 heterocycles. The van der Waals surface area contributed by atoms with Gasteiger partial charge in [0.25, 0.3) is 0 Å². The van der Waals surface area contributed by atoms with Crippen LogP contribution in [0.5, 0.6) is 0 Å². The molecule has 0 saturated carbocycles. The number of halogens is 2. The molecule has 4 rings (SSSR count). The number of benzene rings is 2. The highest BCUT2D eigenvalue weighted by Crippen LogP contribution is 2.30. The van der Waals surface area contributed by atoms with Crippen LogP contribution in [0.15, 0.2) is 48.5 Å². The summed E-state index contributed by atoms with van der Waals surface area (Å²) in [6, 6.07) is 13.1. The summed E-state index contributed by atoms with van der Waals surface area (Å²) in [6.45, 7) is 4.81. The van der Waals surface area contributed by atoms with Crippen LogP contribution >= 0.6 is 12.2 Å². The second kappa shape index (κ2) is 9.81. The molecule has 2 aliphatic rings. The third-order valence-electron chi connectivity index (χ3n) is 5.84. The normalized spacial score (nSPS) is 20.0. The SMILES string of the molecule is Fc1ccc(C(c2ccc(F)cc2)N2CCN(C(=S)NCC3CCCO3)CC2)cc1. The van der Waals surface area contributed by atoms with Crippen molar-refractivity contribution < 1.29 is 13.5 Å². The summed E-state index contributed by atoms with van der Waals surface area (Å²) in [5.74, 6) is -0.520. The molecule has 30 heavy (non-hydrogen) atoms. The third kappa shape index (κ3) is 5.14. The summed E-state index contributed by atoms with van der Waals surface area (Å²) in [7, 11) is 0. The molecule has 2 fully saturated rings. The molecule has 2 saturated heterocycles. The molecule has 160 valence electrons. The maximum atomic E-state index is 13.5. The third-order valence-corrected chi connectivity index (χ3v) is 6.25. The van der Waals surface area contributed by atoms with E-state index in [1.54, 1.807) is 0 Å². The van der Waals surface area contributed by atoms with Crippen molar-refractivity contribution in [1.29, 1.82) is 0 Å². The van der Waals surface area contributed by atoms with Crippen LogP contribution < -0.4 is 5.32 Å². The Balaban J connectivity index is 1.41. The summed E-state index contributed by atoms with van der Waals surface area (Å²) in [5, 5.41) is 4.11. The highest BCUT2D eigenvalue weighted by molar-refractivity contribution is 7.80. The van der Waals surface area contributed by atoms with Gasteiger partial charge in [-0.3, -0.25) is 4.90 Å². The molecule has 2 aliphatic heterocycles. The van der Waals surface area contributed by atoms with Crippen LogP contribution in [0.4, 0.5) is 8.78 Å². The Morgan fingerprint density at radius 2 is 1.53 bits per heavy atom.